The lowest BCUT2D eigenvalue weighted by Crippen LogP contribution is -2.50. The molecule has 2 aromatic carbocycles. The fourth-order valence-electron chi connectivity index (χ4n) is 11.4. The molecule has 42 heavy (non-hydrogen) atoms. The zero-order chi connectivity index (χ0) is 29.2. The quantitative estimate of drug-likeness (QED) is 0.131. The Morgan fingerprint density at radius 2 is 1.17 bits per heavy atom. The molecule has 0 aliphatic heterocycles. The molecule has 0 radical (unpaired) electrons. The van der Waals surface area contributed by atoms with Crippen molar-refractivity contribution in [2.45, 2.75) is 92.8 Å². The highest BCUT2D eigenvalue weighted by atomic mass is 79.9. The molecule has 0 amide bonds. The molecule has 8 bridgehead atoms. The van der Waals surface area contributed by atoms with Crippen LogP contribution in [-0.4, -0.2) is 18.9 Å². The number of rotatable bonds is 5. The Labute approximate surface area is 273 Å². The van der Waals surface area contributed by atoms with Crippen LogP contribution in [0.5, 0.6) is 5.75 Å². The molecule has 224 valence electrons. The van der Waals surface area contributed by atoms with Crippen LogP contribution in [-0.2, 0) is 20.9 Å². The first-order valence-electron chi connectivity index (χ1n) is 15.4. The summed E-state index contributed by atoms with van der Waals surface area (Å²) in [6.45, 7) is 0. The van der Waals surface area contributed by atoms with E-state index in [9.17, 15) is 17.8 Å². The summed E-state index contributed by atoms with van der Waals surface area (Å²) in [7, 11) is -4.75. The second kappa shape index (κ2) is 9.88. The molecule has 9 heteroatoms. The van der Waals surface area contributed by atoms with Gasteiger partial charge in [-0.25, -0.2) is 13.2 Å². The summed E-state index contributed by atoms with van der Waals surface area (Å²) < 4.78 is 47.8. The Hall–Kier alpha value is -0.740. The van der Waals surface area contributed by atoms with Gasteiger partial charge in [0.25, 0.3) is 0 Å². The van der Waals surface area contributed by atoms with Crippen LogP contribution < -0.4 is 4.74 Å². The zero-order valence-corrected chi connectivity index (χ0v) is 28.9. The number of benzene rings is 2. The Bertz CT molecular complexity index is 1550. The maximum atomic E-state index is 13.9. The number of hydrogen-bond acceptors (Lipinski definition) is 5. The fourth-order valence-corrected chi connectivity index (χ4v) is 13.8. The van der Waals surface area contributed by atoms with Gasteiger partial charge in [0.05, 0.1) is 10.5 Å². The second-order valence-corrected chi connectivity index (χ2v) is 18.7. The van der Waals surface area contributed by atoms with Gasteiger partial charge in [0.15, 0.2) is 0 Å². The highest BCUT2D eigenvalue weighted by molar-refractivity contribution is 9.13. The lowest BCUT2D eigenvalue weighted by Gasteiger charge is -2.58. The van der Waals surface area contributed by atoms with Crippen LogP contribution in [0.25, 0.3) is 0 Å². The van der Waals surface area contributed by atoms with Gasteiger partial charge in [-0.3, -0.25) is 0 Å². The van der Waals surface area contributed by atoms with Crippen molar-refractivity contribution in [2.24, 2.45) is 35.5 Å². The van der Waals surface area contributed by atoms with E-state index in [1.54, 1.807) is 12.1 Å². The van der Waals surface area contributed by atoms with Crippen molar-refractivity contribution in [3.8, 4) is 5.75 Å². The van der Waals surface area contributed by atoms with E-state index in [1.807, 2.05) is 12.1 Å². The van der Waals surface area contributed by atoms with E-state index in [1.165, 1.54) is 38.5 Å². The molecule has 2 aromatic rings. The molecule has 0 spiro atoms. The molecule has 8 fully saturated rings. The molecular formula is C33H34Br3O5S-. The van der Waals surface area contributed by atoms with Crippen molar-refractivity contribution in [3.63, 3.8) is 0 Å². The van der Waals surface area contributed by atoms with E-state index < -0.39 is 16.1 Å². The van der Waals surface area contributed by atoms with Crippen LogP contribution in [0.1, 0.15) is 98.5 Å². The van der Waals surface area contributed by atoms with E-state index >= 15 is 0 Å². The molecule has 0 saturated heterocycles. The molecule has 0 N–H and O–H groups in total. The van der Waals surface area contributed by atoms with Crippen molar-refractivity contribution in [2.75, 3.05) is 0 Å². The Morgan fingerprint density at radius 1 is 0.714 bits per heavy atom. The molecule has 8 saturated carbocycles. The van der Waals surface area contributed by atoms with Gasteiger partial charge < -0.3 is 9.29 Å². The summed E-state index contributed by atoms with van der Waals surface area (Å²) in [5, 5.41) is 0. The Balaban J connectivity index is 1.31. The molecule has 0 unspecified atom stereocenters. The SMILES string of the molecule is O=C(Oc1cc(C23CC4CC(CC(C4)C2)C3)c(S(=O)(=O)[O-])cc1C12CC3CC(CC(C3)C1)C2)c1cc(Br)cc(Br)c1Br. The molecule has 8 aliphatic rings. The Morgan fingerprint density at radius 3 is 1.62 bits per heavy atom. The van der Waals surface area contributed by atoms with Crippen LogP contribution in [0.4, 0.5) is 0 Å². The van der Waals surface area contributed by atoms with Crippen molar-refractivity contribution < 1.29 is 22.5 Å². The summed E-state index contributed by atoms with van der Waals surface area (Å²) in [6, 6.07) is 7.14. The van der Waals surface area contributed by atoms with Crippen molar-refractivity contribution in [1.82, 2.24) is 0 Å². The normalized spacial score (nSPS) is 37.8. The number of halogens is 3. The van der Waals surface area contributed by atoms with E-state index in [0.29, 0.717) is 56.9 Å². The van der Waals surface area contributed by atoms with Gasteiger partial charge in [0, 0.05) is 19.0 Å². The van der Waals surface area contributed by atoms with E-state index in [0.717, 1.165) is 53.0 Å². The highest BCUT2D eigenvalue weighted by Gasteiger charge is 2.55. The van der Waals surface area contributed by atoms with E-state index in [2.05, 4.69) is 47.8 Å². The first kappa shape index (κ1) is 28.7. The van der Waals surface area contributed by atoms with E-state index in [4.69, 9.17) is 4.74 Å². The number of esters is 1. The van der Waals surface area contributed by atoms with Gasteiger partial charge in [-0.1, -0.05) is 15.9 Å². The predicted molar refractivity (Wildman–Crippen MR) is 169 cm³/mol. The zero-order valence-electron chi connectivity index (χ0n) is 23.3. The van der Waals surface area contributed by atoms with Crippen LogP contribution >= 0.6 is 47.8 Å². The third kappa shape index (κ3) is 4.64. The third-order valence-corrected chi connectivity index (χ3v) is 15.3. The largest absolute Gasteiger partial charge is 0.744 e. The molecule has 0 aromatic heterocycles. The number of hydrogen-bond donors (Lipinski definition) is 0. The van der Waals surface area contributed by atoms with Gasteiger partial charge >= 0.3 is 5.97 Å². The summed E-state index contributed by atoms with van der Waals surface area (Å²) >= 11 is 10.6. The maximum absolute atomic E-state index is 13.9. The monoisotopic (exact) mass is 779 g/mol. The van der Waals surface area contributed by atoms with Crippen molar-refractivity contribution in [3.05, 3.63) is 54.4 Å². The van der Waals surface area contributed by atoms with Crippen molar-refractivity contribution in [1.29, 1.82) is 0 Å². The molecule has 10 rings (SSSR count). The summed E-state index contributed by atoms with van der Waals surface area (Å²) in [4.78, 5) is 13.8. The summed E-state index contributed by atoms with van der Waals surface area (Å²) in [6.07, 6.45) is 12.9. The van der Waals surface area contributed by atoms with Crippen molar-refractivity contribution >= 4 is 63.9 Å². The van der Waals surface area contributed by atoms with Crippen LogP contribution in [0.15, 0.2) is 42.6 Å². The standard InChI is InChI=1S/C33H35Br3O5S/c34-23-7-24(30(36)27(35)8-23)31(37)41-28-9-26(33-14-20-4-21(15-33)6-22(5-20)16-33)29(42(38,39)40)10-25(28)32-11-17-1-18(12-32)3-19(2-17)13-32/h7-10,17-22H,1-6,11-16H2,(H,38,39,40)/p-1. The molecule has 5 nitrogen and oxygen atoms in total. The fraction of sp³-hybridized carbons (Fsp3) is 0.606. The molecule has 0 heterocycles. The van der Waals surface area contributed by atoms with Gasteiger partial charge in [-0.05, 0) is 185 Å². The minimum atomic E-state index is -4.75. The van der Waals surface area contributed by atoms with Crippen LogP contribution in [0.2, 0.25) is 0 Å². The average molecular weight is 782 g/mol. The minimum Gasteiger partial charge on any atom is -0.744 e. The summed E-state index contributed by atoms with van der Waals surface area (Å²) in [5.74, 6) is 3.49. The lowest BCUT2D eigenvalue weighted by atomic mass is 9.47. The number of ether oxygens (including phenoxy) is 1. The maximum Gasteiger partial charge on any atom is 0.344 e. The first-order valence-corrected chi connectivity index (χ1v) is 19.2. The third-order valence-electron chi connectivity index (χ3n) is 12.0. The lowest BCUT2D eigenvalue weighted by molar-refractivity contribution is -0.00890. The number of carbonyl (C=O) groups excluding carboxylic acids is 1. The second-order valence-electron chi connectivity index (χ2n) is 14.8. The molecule has 8 aliphatic carbocycles. The smallest absolute Gasteiger partial charge is 0.344 e. The summed E-state index contributed by atoms with van der Waals surface area (Å²) in [5.41, 5.74) is 1.15. The van der Waals surface area contributed by atoms with Gasteiger partial charge in [-0.2, -0.15) is 0 Å². The average Bonchev–Trinajstić information content (AvgIpc) is 2.88. The van der Waals surface area contributed by atoms with Gasteiger partial charge in [0.2, 0.25) is 0 Å². The molecule has 0 atom stereocenters. The van der Waals surface area contributed by atoms with E-state index in [-0.39, 0.29) is 15.7 Å². The molecular weight excluding hydrogens is 748 g/mol. The topological polar surface area (TPSA) is 83.5 Å². The predicted octanol–water partition coefficient (Wildman–Crippen LogP) is 9.03. The van der Waals surface area contributed by atoms with Gasteiger partial charge in [0.1, 0.15) is 15.9 Å². The Kier molecular flexibility index (Phi) is 6.75. The number of carbonyl (C=O) groups is 1. The minimum absolute atomic E-state index is 0.0543. The van der Waals surface area contributed by atoms with Crippen LogP contribution in [0, 0.1) is 35.5 Å². The first-order chi connectivity index (χ1) is 19.9. The highest BCUT2D eigenvalue weighted by Crippen LogP contribution is 2.65. The van der Waals surface area contributed by atoms with Gasteiger partial charge in [-0.15, -0.1) is 0 Å². The van der Waals surface area contributed by atoms with Crippen LogP contribution in [0.3, 0.4) is 0 Å².